The molecule has 0 aliphatic heterocycles. The number of methoxy groups -OCH3 is 5. The van der Waals surface area contributed by atoms with Crippen LogP contribution in [0.1, 0.15) is 91.6 Å². The van der Waals surface area contributed by atoms with Crippen molar-refractivity contribution in [2.75, 3.05) is 200 Å². The van der Waals surface area contributed by atoms with Crippen molar-refractivity contribution in [2.24, 2.45) is 0 Å². The number of ether oxygens (including phenoxy) is 20. The first-order chi connectivity index (χ1) is 46.6. The highest BCUT2D eigenvalue weighted by molar-refractivity contribution is 7.85. The van der Waals surface area contributed by atoms with Gasteiger partial charge >= 0.3 is 11.9 Å². The maximum absolute atomic E-state index is 15.7. The molecule has 0 saturated carbocycles. The van der Waals surface area contributed by atoms with Gasteiger partial charge in [0, 0.05) is 73.4 Å². The Morgan fingerprint density at radius 3 is 1.07 bits per heavy atom. The second kappa shape index (κ2) is 49.6. The van der Waals surface area contributed by atoms with Gasteiger partial charge in [0.15, 0.2) is 6.54 Å². The highest BCUT2D eigenvalue weighted by Crippen LogP contribution is 2.34. The number of aromatic nitrogens is 1. The number of hydrogen-bond acceptors (Lipinski definition) is 24. The number of carbonyl (C=O) groups excluding carboxylic acids is 2. The minimum absolute atomic E-state index is 0.0224. The number of nitrogens with zero attached hydrogens (tertiary/aromatic N) is 1. The van der Waals surface area contributed by atoms with Gasteiger partial charge in [-0.25, -0.2) is 9.59 Å². The summed E-state index contributed by atoms with van der Waals surface area (Å²) in [7, 11) is 3.21. The van der Waals surface area contributed by atoms with Crippen LogP contribution in [0.15, 0.2) is 48.5 Å². The zero-order chi connectivity index (χ0) is 69.8. The largest absolute Gasteiger partial charge is 0.486 e. The van der Waals surface area contributed by atoms with Gasteiger partial charge in [-0.05, 0) is 87.1 Å². The molecular formula is C69H110NO25S+. The van der Waals surface area contributed by atoms with Crippen LogP contribution < -0.4 is 18.8 Å². The Bertz CT molecular complexity index is 2760. The Morgan fingerprint density at radius 2 is 0.771 bits per heavy atom. The van der Waals surface area contributed by atoms with Crippen molar-refractivity contribution in [3.05, 3.63) is 70.8 Å². The maximum Gasteiger partial charge on any atom is 0.345 e. The van der Waals surface area contributed by atoms with Gasteiger partial charge in [0.05, 0.1) is 167 Å². The van der Waals surface area contributed by atoms with Crippen LogP contribution in [0.2, 0.25) is 0 Å². The number of fused-ring (bicyclic) bond motifs is 2. The Balaban J connectivity index is 2.03. The Morgan fingerprint density at radius 1 is 0.438 bits per heavy atom. The number of hydrogen-bond donors (Lipinski definition) is 1. The second-order valence-corrected chi connectivity index (χ2v) is 24.3. The SMILES string of the molecule is CCCOCC(COCCC)OCC(COC(COCCC)COCCC)Oc1ccc2c(c1)c(C(=O)Oc1c(C)cc(C(=O)OC)cc1C)c1cc(OC(COC(COCCOC)COCCOC)COC(COCCOC)COCCOC)ccc1[n+]2CCCS(=O)(=O)O. The molecule has 3 aromatic carbocycles. The van der Waals surface area contributed by atoms with Crippen LogP contribution in [0.25, 0.3) is 21.8 Å². The van der Waals surface area contributed by atoms with Gasteiger partial charge in [0.25, 0.3) is 10.1 Å². The van der Waals surface area contributed by atoms with Gasteiger partial charge < -0.3 is 94.7 Å². The summed E-state index contributed by atoms with van der Waals surface area (Å²) in [5.41, 5.74) is 2.22. The molecule has 4 aromatic rings. The average Bonchev–Trinajstić information content (AvgIpc) is 0.741. The predicted octanol–water partition coefficient (Wildman–Crippen LogP) is 7.58. The molecule has 546 valence electrons. The van der Waals surface area contributed by atoms with Gasteiger partial charge in [-0.15, -0.1) is 0 Å². The van der Waals surface area contributed by atoms with Crippen molar-refractivity contribution in [3.8, 4) is 17.2 Å². The summed E-state index contributed by atoms with van der Waals surface area (Å²) in [5, 5.41) is 0.640. The van der Waals surface area contributed by atoms with Crippen LogP contribution in [-0.4, -0.2) is 261 Å². The Labute approximate surface area is 568 Å². The van der Waals surface area contributed by atoms with E-state index >= 15 is 4.79 Å². The van der Waals surface area contributed by atoms with Gasteiger partial charge in [-0.1, -0.05) is 27.7 Å². The van der Waals surface area contributed by atoms with Gasteiger partial charge in [-0.2, -0.15) is 13.0 Å². The van der Waals surface area contributed by atoms with E-state index in [2.05, 4.69) is 0 Å². The Kier molecular flexibility index (Phi) is 43.2. The molecule has 0 spiro atoms. The molecule has 0 amide bonds. The topological polar surface area (TPSA) is 277 Å². The fourth-order valence-corrected chi connectivity index (χ4v) is 10.2. The molecule has 96 heavy (non-hydrogen) atoms. The molecule has 0 bridgehead atoms. The molecule has 1 N–H and O–H groups in total. The number of pyridine rings is 1. The lowest BCUT2D eigenvalue weighted by Gasteiger charge is -2.26. The molecule has 4 rings (SSSR count). The molecule has 0 fully saturated rings. The first-order valence-electron chi connectivity index (χ1n) is 33.2. The van der Waals surface area contributed by atoms with Crippen molar-refractivity contribution in [3.63, 3.8) is 0 Å². The van der Waals surface area contributed by atoms with E-state index in [0.29, 0.717) is 118 Å². The summed E-state index contributed by atoms with van der Waals surface area (Å²) in [6.07, 6.45) is -0.464. The molecule has 0 aliphatic rings. The van der Waals surface area contributed by atoms with Crippen LogP contribution in [0.5, 0.6) is 17.2 Å². The van der Waals surface area contributed by atoms with E-state index in [1.54, 1.807) is 90.8 Å². The van der Waals surface area contributed by atoms with Crippen molar-refractivity contribution in [1.82, 2.24) is 0 Å². The van der Waals surface area contributed by atoms with Crippen molar-refractivity contribution < 1.29 is 122 Å². The number of rotatable bonds is 59. The van der Waals surface area contributed by atoms with Gasteiger partial charge in [0.1, 0.15) is 53.9 Å². The van der Waals surface area contributed by atoms with Crippen molar-refractivity contribution >= 4 is 43.9 Å². The van der Waals surface area contributed by atoms with Gasteiger partial charge in [-0.3, -0.25) is 4.55 Å². The van der Waals surface area contributed by atoms with Crippen molar-refractivity contribution in [2.45, 2.75) is 117 Å². The minimum atomic E-state index is -4.41. The molecule has 0 aliphatic carbocycles. The smallest absolute Gasteiger partial charge is 0.345 e. The van der Waals surface area contributed by atoms with Crippen LogP contribution in [-0.2, 0) is 97.2 Å². The lowest BCUT2D eigenvalue weighted by Crippen LogP contribution is -2.38. The molecule has 0 atom stereocenters. The van der Waals surface area contributed by atoms with E-state index in [4.69, 9.17) is 94.7 Å². The lowest BCUT2D eigenvalue weighted by atomic mass is 10.0. The summed E-state index contributed by atoms with van der Waals surface area (Å²) in [4.78, 5) is 28.5. The first-order valence-corrected chi connectivity index (χ1v) is 34.8. The number of benzene rings is 3. The van der Waals surface area contributed by atoms with E-state index in [1.165, 1.54) is 7.11 Å². The number of aryl methyl sites for hydroxylation is 3. The van der Waals surface area contributed by atoms with E-state index in [9.17, 15) is 17.8 Å². The van der Waals surface area contributed by atoms with E-state index in [-0.39, 0.29) is 115 Å². The molecule has 0 radical (unpaired) electrons. The summed E-state index contributed by atoms with van der Waals surface area (Å²) < 4.78 is 157. The monoisotopic (exact) mass is 1380 g/mol. The van der Waals surface area contributed by atoms with E-state index in [1.807, 2.05) is 32.3 Å². The number of carbonyl (C=O) groups is 2. The fraction of sp³-hybridized carbons (Fsp3) is 0.696. The normalized spacial score (nSPS) is 12.1. The van der Waals surface area contributed by atoms with Crippen molar-refractivity contribution in [1.29, 1.82) is 0 Å². The van der Waals surface area contributed by atoms with Crippen LogP contribution in [0, 0.1) is 13.8 Å². The maximum atomic E-state index is 15.7. The third kappa shape index (κ3) is 32.4. The van der Waals surface area contributed by atoms with Gasteiger partial charge in [0.2, 0.25) is 11.0 Å². The Hall–Kier alpha value is -4.86. The van der Waals surface area contributed by atoms with Crippen LogP contribution in [0.4, 0.5) is 0 Å². The zero-order valence-corrected chi connectivity index (χ0v) is 59.4. The zero-order valence-electron chi connectivity index (χ0n) is 58.6. The quantitative estimate of drug-likeness (QED) is 0.0111. The summed E-state index contributed by atoms with van der Waals surface area (Å²) in [5.74, 6) is -1.17. The highest BCUT2D eigenvalue weighted by atomic mass is 32.2. The van der Waals surface area contributed by atoms with E-state index in [0.717, 1.165) is 25.7 Å². The third-order valence-corrected chi connectivity index (χ3v) is 15.2. The second-order valence-electron chi connectivity index (χ2n) is 22.7. The average molecular weight is 1390 g/mol. The third-order valence-electron chi connectivity index (χ3n) is 14.3. The molecule has 0 saturated heterocycles. The highest BCUT2D eigenvalue weighted by Gasteiger charge is 2.31. The molecule has 0 unspecified atom stereocenters. The molecule has 27 heteroatoms. The van der Waals surface area contributed by atoms with Crippen LogP contribution >= 0.6 is 0 Å². The van der Waals surface area contributed by atoms with Crippen LogP contribution in [0.3, 0.4) is 0 Å². The molecule has 1 aromatic heterocycles. The summed E-state index contributed by atoms with van der Waals surface area (Å²) >= 11 is 0. The predicted molar refractivity (Wildman–Crippen MR) is 358 cm³/mol. The van der Waals surface area contributed by atoms with E-state index < -0.39 is 64.4 Å². The fourth-order valence-electron chi connectivity index (χ4n) is 9.71. The number of esters is 2. The first kappa shape index (κ1) is 83.6. The molecule has 26 nitrogen and oxygen atoms in total. The standard InChI is InChI=1S/C69H109NO25S/c1-12-22-81-39-56(40-82-23-13-2)89-47-60(48-90-57(41-83-24-14-3)42-84-25-15-4)93-54-17-19-64-62(37-54)66(69(72)95-67-51(5)35-53(36-52(67)6)68(71)80-11)63-38-55(18-20-65(63)70(64)21-16-34-96(73,74)75)94-61(49-91-58(43-85-30-26-76-7)44-86-31-27-77-8)50-92-59(45-87-32-28-78-9)46-88-33-29-79-10/h17-20,35-38,56-61H,12-16,21-34,39-50H2,1-11H3/p+1. The lowest BCUT2D eigenvalue weighted by molar-refractivity contribution is -0.645. The summed E-state index contributed by atoms with van der Waals surface area (Å²) in [6.45, 7) is 18.1. The summed E-state index contributed by atoms with van der Waals surface area (Å²) in [6, 6.07) is 13.5. The minimum Gasteiger partial charge on any atom is -0.486 e. The molecule has 1 heterocycles. The molecular weight excluding hydrogens is 1270 g/mol.